The molecule has 5 nitrogen and oxygen atoms in total. The first-order chi connectivity index (χ1) is 11.7. The van der Waals surface area contributed by atoms with Gasteiger partial charge in [0, 0.05) is 24.1 Å². The number of benzene rings is 2. The van der Waals surface area contributed by atoms with Crippen molar-refractivity contribution in [2.24, 2.45) is 0 Å². The largest absolute Gasteiger partial charge is 0.508 e. The van der Waals surface area contributed by atoms with Crippen LogP contribution in [0.1, 0.15) is 12.0 Å². The Morgan fingerprint density at radius 2 is 1.96 bits per heavy atom. The van der Waals surface area contributed by atoms with Crippen molar-refractivity contribution in [1.29, 1.82) is 5.26 Å². The van der Waals surface area contributed by atoms with E-state index in [1.807, 2.05) is 30.3 Å². The molecule has 0 atom stereocenters. The van der Waals surface area contributed by atoms with E-state index in [9.17, 15) is 15.2 Å². The Balaban J connectivity index is 1.81. The highest BCUT2D eigenvalue weighted by Gasteiger charge is 2.24. The maximum atomic E-state index is 12.7. The molecular weight excluding hydrogens is 302 g/mol. The molecule has 1 aliphatic heterocycles. The Kier molecular flexibility index (Phi) is 4.48. The molecule has 2 aromatic rings. The molecule has 1 heterocycles. The molecule has 0 spiro atoms. The van der Waals surface area contributed by atoms with Gasteiger partial charge >= 0.3 is 0 Å². The van der Waals surface area contributed by atoms with Gasteiger partial charge in [-0.05, 0) is 48.7 Å². The molecule has 0 fully saturated rings. The van der Waals surface area contributed by atoms with Crippen LogP contribution in [-0.2, 0) is 11.2 Å². The van der Waals surface area contributed by atoms with Crippen molar-refractivity contribution >= 4 is 17.3 Å². The average molecular weight is 319 g/mol. The summed E-state index contributed by atoms with van der Waals surface area (Å²) in [6.45, 7) is 0.605. The number of para-hydroxylation sites is 1. The van der Waals surface area contributed by atoms with Gasteiger partial charge in [-0.1, -0.05) is 18.2 Å². The molecule has 2 aromatic carbocycles. The first-order valence-corrected chi connectivity index (χ1v) is 7.74. The monoisotopic (exact) mass is 319 g/mol. The van der Waals surface area contributed by atoms with Crippen molar-refractivity contribution in [3.8, 4) is 11.8 Å². The summed E-state index contributed by atoms with van der Waals surface area (Å²) in [6, 6.07) is 16.2. The summed E-state index contributed by atoms with van der Waals surface area (Å²) in [4.78, 5) is 14.4. The quantitative estimate of drug-likeness (QED) is 0.517. The van der Waals surface area contributed by atoms with Gasteiger partial charge in [-0.2, -0.15) is 5.26 Å². The van der Waals surface area contributed by atoms with E-state index in [1.165, 1.54) is 18.3 Å². The molecule has 0 radical (unpaired) electrons. The van der Waals surface area contributed by atoms with Crippen molar-refractivity contribution in [1.82, 2.24) is 0 Å². The second kappa shape index (κ2) is 6.88. The van der Waals surface area contributed by atoms with E-state index in [0.717, 1.165) is 24.1 Å². The number of rotatable bonds is 3. The molecule has 1 amide bonds. The number of anilines is 2. The van der Waals surface area contributed by atoms with Gasteiger partial charge in [0.25, 0.3) is 5.91 Å². The summed E-state index contributed by atoms with van der Waals surface area (Å²) in [5.74, 6) is -0.151. The minimum atomic E-state index is -0.309. The summed E-state index contributed by atoms with van der Waals surface area (Å²) in [7, 11) is 0. The fourth-order valence-electron chi connectivity index (χ4n) is 2.74. The van der Waals surface area contributed by atoms with Crippen LogP contribution in [0.2, 0.25) is 0 Å². The van der Waals surface area contributed by atoms with Crippen molar-refractivity contribution in [3.63, 3.8) is 0 Å². The molecule has 0 aromatic heterocycles. The molecule has 1 aliphatic rings. The Bertz CT molecular complexity index is 819. The molecule has 120 valence electrons. The first-order valence-electron chi connectivity index (χ1n) is 7.74. The van der Waals surface area contributed by atoms with Gasteiger partial charge in [-0.15, -0.1) is 0 Å². The number of hydrogen-bond acceptors (Lipinski definition) is 4. The number of phenolic OH excluding ortho intramolecular Hbond substituents is 1. The van der Waals surface area contributed by atoms with Gasteiger partial charge in [0.05, 0.1) is 0 Å². The molecule has 24 heavy (non-hydrogen) atoms. The van der Waals surface area contributed by atoms with Crippen LogP contribution >= 0.6 is 0 Å². The standard InChI is InChI=1S/C19H17N3O2/c20-12-15(13-21-16-7-9-17(23)10-8-16)19(24)22-11-3-5-14-4-1-2-6-18(14)22/h1-2,4,6-10,13,21,23H,3,5,11H2/b15-13-. The normalized spacial score (nSPS) is 13.8. The third-order valence-corrected chi connectivity index (χ3v) is 3.96. The van der Waals surface area contributed by atoms with E-state index in [4.69, 9.17) is 0 Å². The lowest BCUT2D eigenvalue weighted by Crippen LogP contribution is -2.36. The zero-order chi connectivity index (χ0) is 16.9. The van der Waals surface area contributed by atoms with Gasteiger partial charge in [-0.25, -0.2) is 0 Å². The highest BCUT2D eigenvalue weighted by molar-refractivity contribution is 6.09. The smallest absolute Gasteiger partial charge is 0.270 e. The van der Waals surface area contributed by atoms with Gasteiger partial charge in [0.15, 0.2) is 0 Å². The van der Waals surface area contributed by atoms with E-state index in [-0.39, 0.29) is 17.2 Å². The van der Waals surface area contributed by atoms with Crippen molar-refractivity contribution in [2.75, 3.05) is 16.8 Å². The van der Waals surface area contributed by atoms with Gasteiger partial charge < -0.3 is 15.3 Å². The fraction of sp³-hybridized carbons (Fsp3) is 0.158. The SMILES string of the molecule is N#C/C(=C/Nc1ccc(O)cc1)C(=O)N1CCCc2ccccc21. The molecule has 0 bridgehead atoms. The van der Waals surface area contributed by atoms with Gasteiger partial charge in [0.1, 0.15) is 17.4 Å². The van der Waals surface area contributed by atoms with Gasteiger partial charge in [0.2, 0.25) is 0 Å². The van der Waals surface area contributed by atoms with Crippen LogP contribution in [0.4, 0.5) is 11.4 Å². The van der Waals surface area contributed by atoms with Crippen LogP contribution in [0.15, 0.2) is 60.3 Å². The number of carbonyl (C=O) groups is 1. The highest BCUT2D eigenvalue weighted by atomic mass is 16.3. The third-order valence-electron chi connectivity index (χ3n) is 3.96. The lowest BCUT2D eigenvalue weighted by Gasteiger charge is -2.29. The maximum absolute atomic E-state index is 12.7. The van der Waals surface area contributed by atoms with Crippen LogP contribution < -0.4 is 10.2 Å². The summed E-state index contributed by atoms with van der Waals surface area (Å²) in [5, 5.41) is 21.6. The number of nitriles is 1. The predicted octanol–water partition coefficient (Wildman–Crippen LogP) is 3.19. The number of nitrogens with zero attached hydrogens (tertiary/aromatic N) is 2. The number of phenols is 1. The van der Waals surface area contributed by atoms with E-state index < -0.39 is 0 Å². The zero-order valence-corrected chi connectivity index (χ0v) is 13.1. The number of fused-ring (bicyclic) bond motifs is 1. The predicted molar refractivity (Wildman–Crippen MR) is 92.5 cm³/mol. The summed E-state index contributed by atoms with van der Waals surface area (Å²) < 4.78 is 0. The Morgan fingerprint density at radius 3 is 2.71 bits per heavy atom. The van der Waals surface area contributed by atoms with Crippen molar-refractivity contribution < 1.29 is 9.90 Å². The molecule has 5 heteroatoms. The number of aryl methyl sites for hydroxylation is 1. The molecule has 0 saturated heterocycles. The first kappa shape index (κ1) is 15.6. The number of hydrogen-bond donors (Lipinski definition) is 2. The minimum absolute atomic E-state index is 0.0415. The Morgan fingerprint density at radius 1 is 1.21 bits per heavy atom. The molecular formula is C19H17N3O2. The van der Waals surface area contributed by atoms with Crippen LogP contribution in [0.5, 0.6) is 5.75 Å². The number of aromatic hydroxyl groups is 1. The van der Waals surface area contributed by atoms with Crippen LogP contribution in [0.3, 0.4) is 0 Å². The lowest BCUT2D eigenvalue weighted by molar-refractivity contribution is -0.114. The molecule has 0 unspecified atom stereocenters. The Labute approximate surface area is 140 Å². The maximum Gasteiger partial charge on any atom is 0.270 e. The van der Waals surface area contributed by atoms with Crippen molar-refractivity contribution in [2.45, 2.75) is 12.8 Å². The lowest BCUT2D eigenvalue weighted by atomic mass is 10.0. The number of carbonyl (C=O) groups excluding carboxylic acids is 1. The molecule has 0 saturated carbocycles. The van der Waals surface area contributed by atoms with E-state index in [0.29, 0.717) is 12.2 Å². The fourth-order valence-corrected chi connectivity index (χ4v) is 2.74. The van der Waals surface area contributed by atoms with Gasteiger partial charge in [-0.3, -0.25) is 4.79 Å². The van der Waals surface area contributed by atoms with Crippen molar-refractivity contribution in [3.05, 3.63) is 65.9 Å². The van der Waals surface area contributed by atoms with Crippen LogP contribution in [0.25, 0.3) is 0 Å². The second-order valence-electron chi connectivity index (χ2n) is 5.55. The van der Waals surface area contributed by atoms with Crippen LogP contribution in [-0.4, -0.2) is 17.6 Å². The summed E-state index contributed by atoms with van der Waals surface area (Å²) >= 11 is 0. The second-order valence-corrected chi connectivity index (χ2v) is 5.55. The van der Waals surface area contributed by atoms with E-state index in [1.54, 1.807) is 17.0 Å². The number of nitrogens with one attached hydrogen (secondary N) is 1. The highest BCUT2D eigenvalue weighted by Crippen LogP contribution is 2.27. The summed E-state index contributed by atoms with van der Waals surface area (Å²) in [5.41, 5.74) is 2.73. The van der Waals surface area contributed by atoms with E-state index in [2.05, 4.69) is 5.32 Å². The van der Waals surface area contributed by atoms with E-state index >= 15 is 0 Å². The molecule has 2 N–H and O–H groups in total. The zero-order valence-electron chi connectivity index (χ0n) is 13.1. The summed E-state index contributed by atoms with van der Waals surface area (Å²) in [6.07, 6.45) is 3.23. The minimum Gasteiger partial charge on any atom is -0.508 e. The van der Waals surface area contributed by atoms with Crippen LogP contribution in [0, 0.1) is 11.3 Å². The number of amides is 1. The average Bonchev–Trinajstić information content (AvgIpc) is 2.63. The molecule has 3 rings (SSSR count). The topological polar surface area (TPSA) is 76.4 Å². The molecule has 0 aliphatic carbocycles. The Hall–Kier alpha value is -3.26. The third kappa shape index (κ3) is 3.23.